The van der Waals surface area contributed by atoms with Crippen molar-refractivity contribution in [3.8, 4) is 22.5 Å². The van der Waals surface area contributed by atoms with Gasteiger partial charge < -0.3 is 15.7 Å². The van der Waals surface area contributed by atoms with Gasteiger partial charge in [0.25, 0.3) is 0 Å². The Bertz CT molecular complexity index is 1220. The molecule has 1 aromatic carbocycles. The molecule has 5 aromatic rings. The van der Waals surface area contributed by atoms with Gasteiger partial charge in [-0.15, -0.1) is 10.2 Å². The van der Waals surface area contributed by atoms with E-state index in [4.69, 9.17) is 5.73 Å². The van der Waals surface area contributed by atoms with Gasteiger partial charge in [-0.1, -0.05) is 18.2 Å². The summed E-state index contributed by atoms with van der Waals surface area (Å²) in [5.74, 6) is 0.141. The normalized spacial score (nSPS) is 11.4. The molecule has 0 spiro atoms. The average molecular weight is 327 g/mol. The first kappa shape index (κ1) is 13.7. The summed E-state index contributed by atoms with van der Waals surface area (Å²) in [5, 5.41) is 10.3. The van der Waals surface area contributed by atoms with Gasteiger partial charge in [-0.2, -0.15) is 0 Å². The van der Waals surface area contributed by atoms with Gasteiger partial charge in [-0.25, -0.2) is 9.97 Å². The van der Waals surface area contributed by atoms with Crippen molar-refractivity contribution in [3.63, 3.8) is 0 Å². The second-order valence-corrected chi connectivity index (χ2v) is 5.72. The lowest BCUT2D eigenvalue weighted by molar-refractivity contribution is 0.999. The van der Waals surface area contributed by atoms with Crippen LogP contribution < -0.4 is 5.73 Å². The van der Waals surface area contributed by atoms with E-state index in [0.717, 1.165) is 33.1 Å². The minimum absolute atomic E-state index is 0.141. The van der Waals surface area contributed by atoms with E-state index in [0.29, 0.717) is 11.4 Å². The second-order valence-electron chi connectivity index (χ2n) is 5.72. The molecule has 4 N–H and O–H groups in total. The Balaban J connectivity index is 1.82. The largest absolute Gasteiger partial charge is 0.366 e. The van der Waals surface area contributed by atoms with E-state index in [1.165, 1.54) is 0 Å². The fraction of sp³-hybridized carbons (Fsp3) is 0. The molecule has 0 unspecified atom stereocenters. The third-order valence-electron chi connectivity index (χ3n) is 4.25. The summed E-state index contributed by atoms with van der Waals surface area (Å²) in [6, 6.07) is 11.9. The molecule has 5 rings (SSSR count). The summed E-state index contributed by atoms with van der Waals surface area (Å²) < 4.78 is 0. The van der Waals surface area contributed by atoms with Crippen LogP contribution in [-0.2, 0) is 0 Å². The lowest BCUT2D eigenvalue weighted by Gasteiger charge is -2.06. The standard InChI is InChI=1S/C18H13N7/c19-18-23-15(12-8-21-14-6-2-1-4-10(12)14)16(24-25-18)13-9-22-17-11(13)5-3-7-20-17/h1-9,21H,(H,20,22)(H2,19,23,25). The summed E-state index contributed by atoms with van der Waals surface area (Å²) in [6.45, 7) is 0. The zero-order chi connectivity index (χ0) is 16.8. The molecule has 120 valence electrons. The molecule has 0 aliphatic carbocycles. The van der Waals surface area contributed by atoms with Gasteiger partial charge >= 0.3 is 0 Å². The van der Waals surface area contributed by atoms with E-state index in [9.17, 15) is 0 Å². The highest BCUT2D eigenvalue weighted by Gasteiger charge is 2.18. The van der Waals surface area contributed by atoms with Gasteiger partial charge in [0.1, 0.15) is 17.0 Å². The number of para-hydroxylation sites is 1. The molecule has 0 saturated carbocycles. The molecule has 0 atom stereocenters. The van der Waals surface area contributed by atoms with Gasteiger partial charge in [-0.05, 0) is 18.2 Å². The maximum absolute atomic E-state index is 5.83. The molecule has 0 amide bonds. The highest BCUT2D eigenvalue weighted by molar-refractivity contribution is 6.01. The number of fused-ring (bicyclic) bond motifs is 2. The van der Waals surface area contributed by atoms with E-state index in [1.54, 1.807) is 6.20 Å². The zero-order valence-electron chi connectivity index (χ0n) is 13.1. The van der Waals surface area contributed by atoms with Crippen molar-refractivity contribution in [1.29, 1.82) is 0 Å². The number of rotatable bonds is 2. The number of aromatic amines is 2. The molecule has 7 nitrogen and oxygen atoms in total. The Hall–Kier alpha value is -3.74. The molecule has 4 heterocycles. The fourth-order valence-electron chi connectivity index (χ4n) is 3.13. The molecule has 0 aliphatic rings. The first-order chi connectivity index (χ1) is 12.3. The number of nitrogen functional groups attached to an aromatic ring is 1. The Kier molecular flexibility index (Phi) is 2.81. The van der Waals surface area contributed by atoms with E-state index < -0.39 is 0 Å². The number of pyridine rings is 1. The van der Waals surface area contributed by atoms with Gasteiger partial charge in [0.15, 0.2) is 0 Å². The van der Waals surface area contributed by atoms with Crippen molar-refractivity contribution >= 4 is 27.9 Å². The predicted octanol–water partition coefficient (Wildman–Crippen LogP) is 3.15. The van der Waals surface area contributed by atoms with Crippen LogP contribution in [0.2, 0.25) is 0 Å². The van der Waals surface area contributed by atoms with Crippen molar-refractivity contribution < 1.29 is 0 Å². The maximum atomic E-state index is 5.83. The number of hydrogen-bond acceptors (Lipinski definition) is 5. The van der Waals surface area contributed by atoms with E-state index in [-0.39, 0.29) is 5.95 Å². The minimum atomic E-state index is 0.141. The summed E-state index contributed by atoms with van der Waals surface area (Å²) in [7, 11) is 0. The highest BCUT2D eigenvalue weighted by atomic mass is 15.2. The third-order valence-corrected chi connectivity index (χ3v) is 4.25. The SMILES string of the molecule is Nc1nnc(-c2c[nH]c3ncccc23)c(-c2c[nH]c3ccccc23)n1. The third kappa shape index (κ3) is 2.06. The van der Waals surface area contributed by atoms with Crippen LogP contribution in [0.15, 0.2) is 55.0 Å². The number of hydrogen-bond donors (Lipinski definition) is 3. The van der Waals surface area contributed by atoms with Crippen molar-refractivity contribution in [2.45, 2.75) is 0 Å². The van der Waals surface area contributed by atoms with Crippen LogP contribution in [0.3, 0.4) is 0 Å². The number of aromatic nitrogens is 6. The van der Waals surface area contributed by atoms with Gasteiger partial charge in [0.05, 0.1) is 0 Å². The number of benzene rings is 1. The Morgan fingerprint density at radius 2 is 1.60 bits per heavy atom. The van der Waals surface area contributed by atoms with Crippen molar-refractivity contribution in [2.24, 2.45) is 0 Å². The summed E-state index contributed by atoms with van der Waals surface area (Å²) in [5.41, 5.74) is 10.8. The maximum Gasteiger partial charge on any atom is 0.240 e. The summed E-state index contributed by atoms with van der Waals surface area (Å²) in [4.78, 5) is 15.2. The molecular formula is C18H13N7. The van der Waals surface area contributed by atoms with Crippen LogP contribution >= 0.6 is 0 Å². The lowest BCUT2D eigenvalue weighted by Crippen LogP contribution is -2.01. The van der Waals surface area contributed by atoms with Crippen LogP contribution in [0.4, 0.5) is 5.95 Å². The smallest absolute Gasteiger partial charge is 0.240 e. The minimum Gasteiger partial charge on any atom is -0.366 e. The van der Waals surface area contributed by atoms with Crippen LogP contribution in [0.1, 0.15) is 0 Å². The van der Waals surface area contributed by atoms with Crippen LogP contribution in [0.5, 0.6) is 0 Å². The first-order valence-corrected chi connectivity index (χ1v) is 7.80. The van der Waals surface area contributed by atoms with Crippen LogP contribution in [-0.4, -0.2) is 30.1 Å². The Labute approximate surface area is 142 Å². The van der Waals surface area contributed by atoms with E-state index in [2.05, 4.69) is 30.1 Å². The molecule has 25 heavy (non-hydrogen) atoms. The summed E-state index contributed by atoms with van der Waals surface area (Å²) >= 11 is 0. The number of nitrogens with zero attached hydrogens (tertiary/aromatic N) is 4. The molecule has 0 radical (unpaired) electrons. The lowest BCUT2D eigenvalue weighted by atomic mass is 10.0. The van der Waals surface area contributed by atoms with Gasteiger partial charge in [0, 0.05) is 46.0 Å². The summed E-state index contributed by atoms with van der Waals surface area (Å²) in [6.07, 6.45) is 5.54. The predicted molar refractivity (Wildman–Crippen MR) is 96.6 cm³/mol. The molecular weight excluding hydrogens is 314 g/mol. The Morgan fingerprint density at radius 1 is 0.800 bits per heavy atom. The quantitative estimate of drug-likeness (QED) is 0.461. The van der Waals surface area contributed by atoms with Crippen LogP contribution in [0.25, 0.3) is 44.5 Å². The van der Waals surface area contributed by atoms with Crippen molar-refractivity contribution in [1.82, 2.24) is 30.1 Å². The molecule has 4 aromatic heterocycles. The van der Waals surface area contributed by atoms with Gasteiger partial charge in [-0.3, -0.25) is 0 Å². The van der Waals surface area contributed by atoms with Crippen molar-refractivity contribution in [3.05, 3.63) is 55.0 Å². The zero-order valence-corrected chi connectivity index (χ0v) is 13.1. The number of nitrogens with one attached hydrogen (secondary N) is 2. The number of H-pyrrole nitrogens is 2. The number of anilines is 1. The molecule has 0 fully saturated rings. The average Bonchev–Trinajstić information content (AvgIpc) is 3.26. The first-order valence-electron chi connectivity index (χ1n) is 7.80. The van der Waals surface area contributed by atoms with Gasteiger partial charge in [0.2, 0.25) is 5.95 Å². The molecule has 0 saturated heterocycles. The number of nitrogens with two attached hydrogens (primary N) is 1. The highest BCUT2D eigenvalue weighted by Crippen LogP contribution is 2.36. The molecule has 0 bridgehead atoms. The van der Waals surface area contributed by atoms with Crippen LogP contribution in [0, 0.1) is 0 Å². The van der Waals surface area contributed by atoms with E-state index in [1.807, 2.05) is 48.8 Å². The molecule has 7 heteroatoms. The Morgan fingerprint density at radius 3 is 2.56 bits per heavy atom. The molecule has 0 aliphatic heterocycles. The topological polar surface area (TPSA) is 109 Å². The monoisotopic (exact) mass is 327 g/mol. The van der Waals surface area contributed by atoms with E-state index >= 15 is 0 Å². The van der Waals surface area contributed by atoms with Crippen molar-refractivity contribution in [2.75, 3.05) is 5.73 Å². The second kappa shape index (κ2) is 5.13. The fourth-order valence-corrected chi connectivity index (χ4v) is 3.13.